The summed E-state index contributed by atoms with van der Waals surface area (Å²) in [6, 6.07) is 6.63. The first-order valence-electron chi connectivity index (χ1n) is 10.5. The number of carbonyl (C=O) groups excluding carboxylic acids is 3. The highest BCUT2D eigenvalue weighted by atomic mass is 16.5. The third-order valence-corrected chi connectivity index (χ3v) is 4.96. The van der Waals surface area contributed by atoms with E-state index in [4.69, 9.17) is 9.15 Å². The minimum absolute atomic E-state index is 0.00664. The zero-order chi connectivity index (χ0) is 24.7. The lowest BCUT2D eigenvalue weighted by molar-refractivity contribution is -0.125. The van der Waals surface area contributed by atoms with Crippen LogP contribution in [0.1, 0.15) is 50.7 Å². The number of hydrogen-bond acceptors (Lipinski definition) is 7. The normalized spacial score (nSPS) is 12.1. The highest BCUT2D eigenvalue weighted by Crippen LogP contribution is 2.34. The molecule has 1 heterocycles. The van der Waals surface area contributed by atoms with Gasteiger partial charge in [-0.2, -0.15) is 5.26 Å². The molecule has 0 aliphatic carbocycles. The van der Waals surface area contributed by atoms with Gasteiger partial charge in [-0.3, -0.25) is 9.59 Å². The van der Waals surface area contributed by atoms with Gasteiger partial charge in [-0.05, 0) is 57.9 Å². The van der Waals surface area contributed by atoms with Gasteiger partial charge in [0.05, 0.1) is 6.61 Å². The van der Waals surface area contributed by atoms with E-state index in [1.165, 1.54) is 13.0 Å². The number of benzene rings is 1. The molecular weight excluding hydrogens is 426 g/mol. The molecule has 0 unspecified atom stereocenters. The topological polar surface area (TPSA) is 133 Å². The number of hydrogen-bond donors (Lipinski definition) is 2. The maximum absolute atomic E-state index is 12.6. The fourth-order valence-corrected chi connectivity index (χ4v) is 3.17. The summed E-state index contributed by atoms with van der Waals surface area (Å²) in [5.74, 6) is -2.54. The number of nitrogens with one attached hydrogen (secondary N) is 1. The van der Waals surface area contributed by atoms with Crippen molar-refractivity contribution in [1.82, 2.24) is 4.90 Å². The van der Waals surface area contributed by atoms with E-state index in [-0.39, 0.29) is 24.0 Å². The molecule has 0 bridgehead atoms. The zero-order valence-electron chi connectivity index (χ0n) is 19.3. The number of allylic oxidation sites excluding steroid dienone is 2. The second kappa shape index (κ2) is 11.0. The number of anilines is 1. The van der Waals surface area contributed by atoms with Crippen LogP contribution in [0.4, 0.5) is 5.69 Å². The number of nitriles is 1. The van der Waals surface area contributed by atoms with E-state index >= 15 is 0 Å². The number of esters is 1. The molecule has 0 saturated carbocycles. The Balaban J connectivity index is 2.61. The molecule has 174 valence electrons. The third kappa shape index (κ3) is 5.60. The first-order valence-corrected chi connectivity index (χ1v) is 10.5. The van der Waals surface area contributed by atoms with Crippen molar-refractivity contribution >= 4 is 40.0 Å². The Hall–Kier alpha value is -4.06. The number of amides is 2. The minimum atomic E-state index is -0.903. The molecule has 33 heavy (non-hydrogen) atoms. The fourth-order valence-electron chi connectivity index (χ4n) is 3.17. The Bertz CT molecular complexity index is 1170. The van der Waals surface area contributed by atoms with Crippen molar-refractivity contribution in [1.29, 1.82) is 5.26 Å². The number of likely N-dealkylation sites (N-methyl/N-ethyl adjacent to an activating group) is 1. The first kappa shape index (κ1) is 25.2. The highest BCUT2D eigenvalue weighted by molar-refractivity contribution is 6.15. The second-order valence-corrected chi connectivity index (χ2v) is 7.10. The molecule has 2 amide bonds. The van der Waals surface area contributed by atoms with E-state index in [0.717, 1.165) is 0 Å². The van der Waals surface area contributed by atoms with Gasteiger partial charge in [-0.15, -0.1) is 0 Å². The van der Waals surface area contributed by atoms with Crippen molar-refractivity contribution in [3.05, 3.63) is 46.9 Å². The summed E-state index contributed by atoms with van der Waals surface area (Å²) in [4.78, 5) is 39.1. The number of fused-ring (bicyclic) bond motifs is 1. The zero-order valence-corrected chi connectivity index (χ0v) is 19.3. The van der Waals surface area contributed by atoms with Crippen LogP contribution in [0.25, 0.3) is 16.5 Å². The predicted octanol–water partition coefficient (Wildman–Crippen LogP) is 4.18. The number of aliphatic hydroxyl groups excluding tert-OH is 1. The standard InChI is InChI=1S/C24H27N3O6/c1-6-27(7-2)20(29)11-14(4)16-9-10-19-17(12-16)21(22(33-19)24(31)32-8-3)26-23(30)18(13-25)15(5)28/h9-12,28H,6-8H2,1-5H3,(H,26,30)/b14-11+,18-15+. The van der Waals surface area contributed by atoms with Gasteiger partial charge >= 0.3 is 5.97 Å². The maximum Gasteiger partial charge on any atom is 0.376 e. The fraction of sp³-hybridized carbons (Fsp3) is 0.333. The third-order valence-electron chi connectivity index (χ3n) is 4.96. The van der Waals surface area contributed by atoms with Gasteiger partial charge in [0.25, 0.3) is 5.91 Å². The van der Waals surface area contributed by atoms with Gasteiger partial charge in [0, 0.05) is 24.6 Å². The lowest BCUT2D eigenvalue weighted by Gasteiger charge is -2.16. The largest absolute Gasteiger partial charge is 0.511 e. The Kier molecular flexibility index (Phi) is 8.40. The Morgan fingerprint density at radius 3 is 2.42 bits per heavy atom. The summed E-state index contributed by atoms with van der Waals surface area (Å²) in [5, 5.41) is 21.6. The molecule has 0 aliphatic heterocycles. The van der Waals surface area contributed by atoms with Crippen LogP contribution in [-0.2, 0) is 14.3 Å². The lowest BCUT2D eigenvalue weighted by atomic mass is 10.0. The van der Waals surface area contributed by atoms with Gasteiger partial charge in [0.15, 0.2) is 5.57 Å². The van der Waals surface area contributed by atoms with E-state index in [0.29, 0.717) is 35.2 Å². The van der Waals surface area contributed by atoms with E-state index < -0.39 is 23.2 Å². The van der Waals surface area contributed by atoms with E-state index in [2.05, 4.69) is 5.32 Å². The summed E-state index contributed by atoms with van der Waals surface area (Å²) in [5.41, 5.74) is 1.14. The van der Waals surface area contributed by atoms with Crippen LogP contribution >= 0.6 is 0 Å². The van der Waals surface area contributed by atoms with E-state index in [1.807, 2.05) is 13.8 Å². The number of carbonyl (C=O) groups is 3. The number of aliphatic hydroxyl groups is 1. The Morgan fingerprint density at radius 2 is 1.88 bits per heavy atom. The van der Waals surface area contributed by atoms with E-state index in [9.17, 15) is 24.8 Å². The monoisotopic (exact) mass is 453 g/mol. The van der Waals surface area contributed by atoms with Crippen molar-refractivity contribution in [3.63, 3.8) is 0 Å². The van der Waals surface area contributed by atoms with Crippen LogP contribution in [0, 0.1) is 11.3 Å². The van der Waals surface area contributed by atoms with Gasteiger partial charge in [0.2, 0.25) is 11.7 Å². The quantitative estimate of drug-likeness (QED) is 0.265. The van der Waals surface area contributed by atoms with Crippen LogP contribution in [0.5, 0.6) is 0 Å². The van der Waals surface area contributed by atoms with Crippen LogP contribution in [0.3, 0.4) is 0 Å². The Morgan fingerprint density at radius 1 is 1.21 bits per heavy atom. The molecule has 0 atom stereocenters. The van der Waals surface area contributed by atoms with Gasteiger partial charge < -0.3 is 24.5 Å². The van der Waals surface area contributed by atoms with Crippen LogP contribution in [-0.4, -0.2) is 47.5 Å². The van der Waals surface area contributed by atoms with Crippen LogP contribution in [0.2, 0.25) is 0 Å². The first-order chi connectivity index (χ1) is 15.7. The average molecular weight is 453 g/mol. The maximum atomic E-state index is 12.6. The smallest absolute Gasteiger partial charge is 0.376 e. The molecule has 0 aliphatic rings. The van der Waals surface area contributed by atoms with Gasteiger partial charge in [-0.1, -0.05) is 6.07 Å². The summed E-state index contributed by atoms with van der Waals surface area (Å²) < 4.78 is 10.7. The molecule has 0 spiro atoms. The van der Waals surface area contributed by atoms with Crippen molar-refractivity contribution in [2.45, 2.75) is 34.6 Å². The van der Waals surface area contributed by atoms with Gasteiger partial charge in [0.1, 0.15) is 23.1 Å². The molecule has 0 fully saturated rings. The molecule has 1 aromatic carbocycles. The molecule has 9 heteroatoms. The van der Waals surface area contributed by atoms with Crippen LogP contribution in [0.15, 0.2) is 40.0 Å². The lowest BCUT2D eigenvalue weighted by Crippen LogP contribution is -2.28. The van der Waals surface area contributed by atoms with E-state index in [1.54, 1.807) is 43.0 Å². The molecular formula is C24H27N3O6. The van der Waals surface area contributed by atoms with Crippen LogP contribution < -0.4 is 5.32 Å². The SMILES string of the molecule is CCOC(=O)c1oc2ccc(/C(C)=C/C(=O)N(CC)CC)cc2c1NC(=O)/C(C#N)=C(\C)O. The summed E-state index contributed by atoms with van der Waals surface area (Å²) in [6.45, 7) is 9.65. The average Bonchev–Trinajstić information content (AvgIpc) is 3.12. The van der Waals surface area contributed by atoms with Crippen molar-refractivity contribution in [3.8, 4) is 6.07 Å². The molecule has 0 radical (unpaired) electrons. The molecule has 9 nitrogen and oxygen atoms in total. The van der Waals surface area contributed by atoms with Crippen molar-refractivity contribution in [2.75, 3.05) is 25.0 Å². The summed E-state index contributed by atoms with van der Waals surface area (Å²) in [7, 11) is 0. The highest BCUT2D eigenvalue weighted by Gasteiger charge is 2.25. The van der Waals surface area contributed by atoms with Crippen molar-refractivity contribution < 1.29 is 28.6 Å². The predicted molar refractivity (Wildman–Crippen MR) is 123 cm³/mol. The second-order valence-electron chi connectivity index (χ2n) is 7.10. The number of ether oxygens (including phenoxy) is 1. The molecule has 2 N–H and O–H groups in total. The number of nitrogens with zero attached hydrogens (tertiary/aromatic N) is 2. The Labute approximate surface area is 191 Å². The minimum Gasteiger partial charge on any atom is -0.511 e. The molecule has 2 aromatic rings. The molecule has 2 rings (SSSR count). The van der Waals surface area contributed by atoms with Crippen molar-refractivity contribution in [2.24, 2.45) is 0 Å². The van der Waals surface area contributed by atoms with Gasteiger partial charge in [-0.25, -0.2) is 4.79 Å². The number of rotatable bonds is 8. The summed E-state index contributed by atoms with van der Waals surface area (Å²) in [6.07, 6.45) is 1.52. The summed E-state index contributed by atoms with van der Waals surface area (Å²) >= 11 is 0. The molecule has 0 saturated heterocycles. The molecule has 1 aromatic heterocycles. The number of furan rings is 1.